The summed E-state index contributed by atoms with van der Waals surface area (Å²) in [6.07, 6.45) is 4.60. The highest BCUT2D eigenvalue weighted by Gasteiger charge is 2.22. The van der Waals surface area contributed by atoms with Crippen LogP contribution in [-0.4, -0.2) is 34.5 Å². The Morgan fingerprint density at radius 1 is 1.32 bits per heavy atom. The van der Waals surface area contributed by atoms with Crippen molar-refractivity contribution in [2.45, 2.75) is 48.2 Å². The molecule has 1 amide bonds. The van der Waals surface area contributed by atoms with E-state index in [0.29, 0.717) is 11.2 Å². The Labute approximate surface area is 155 Å². The molecule has 25 heavy (non-hydrogen) atoms. The molecular weight excluding hydrogens is 356 g/mol. The average molecular weight is 379 g/mol. The minimum atomic E-state index is -0.187. The minimum absolute atomic E-state index is 0.0753. The van der Waals surface area contributed by atoms with Gasteiger partial charge in [-0.15, -0.1) is 10.2 Å². The molecule has 1 atom stereocenters. The van der Waals surface area contributed by atoms with Gasteiger partial charge in [0.2, 0.25) is 11.0 Å². The molecule has 8 heteroatoms. The van der Waals surface area contributed by atoms with Crippen LogP contribution in [0.15, 0.2) is 28.6 Å². The molecule has 2 N–H and O–H groups in total. The van der Waals surface area contributed by atoms with Gasteiger partial charge in [-0.05, 0) is 31.9 Å². The van der Waals surface area contributed by atoms with Gasteiger partial charge < -0.3 is 15.4 Å². The van der Waals surface area contributed by atoms with Crippen LogP contribution >= 0.6 is 23.1 Å². The van der Waals surface area contributed by atoms with E-state index in [9.17, 15) is 4.79 Å². The zero-order valence-electron chi connectivity index (χ0n) is 14.3. The molecule has 0 spiro atoms. The number of methoxy groups -OCH3 is 1. The van der Waals surface area contributed by atoms with Gasteiger partial charge in [0.05, 0.1) is 18.0 Å². The van der Waals surface area contributed by atoms with Gasteiger partial charge in [-0.1, -0.05) is 48.1 Å². The molecular formula is C17H22N4O2S2. The summed E-state index contributed by atoms with van der Waals surface area (Å²) >= 11 is 2.87. The lowest BCUT2D eigenvalue weighted by Gasteiger charge is -2.15. The molecule has 0 bridgehead atoms. The van der Waals surface area contributed by atoms with E-state index < -0.39 is 0 Å². The third-order valence-electron chi connectivity index (χ3n) is 4.10. The van der Waals surface area contributed by atoms with Crippen molar-refractivity contribution in [3.8, 4) is 5.75 Å². The summed E-state index contributed by atoms with van der Waals surface area (Å²) in [6, 6.07) is 7.99. The zero-order valence-corrected chi connectivity index (χ0v) is 16.0. The molecule has 1 heterocycles. The van der Waals surface area contributed by atoms with Gasteiger partial charge >= 0.3 is 0 Å². The number of carbonyl (C=O) groups excluding carboxylic acids is 1. The molecule has 1 fully saturated rings. The first-order valence-corrected chi connectivity index (χ1v) is 10.1. The monoisotopic (exact) mass is 378 g/mol. The van der Waals surface area contributed by atoms with Gasteiger partial charge in [0, 0.05) is 6.04 Å². The number of aromatic nitrogens is 2. The first kappa shape index (κ1) is 18.0. The van der Waals surface area contributed by atoms with Gasteiger partial charge in [-0.2, -0.15) is 0 Å². The van der Waals surface area contributed by atoms with E-state index in [1.807, 2.05) is 31.2 Å². The lowest BCUT2D eigenvalue weighted by atomic mass is 10.2. The van der Waals surface area contributed by atoms with Crippen LogP contribution < -0.4 is 15.4 Å². The SMILES string of the molecule is COc1ccccc1Nc1nnc(S[C@H](C)C(=O)NC2CCCC2)s1. The number of para-hydroxylation sites is 2. The highest BCUT2D eigenvalue weighted by Crippen LogP contribution is 2.33. The molecule has 0 radical (unpaired) electrons. The molecule has 6 nitrogen and oxygen atoms in total. The third kappa shape index (κ3) is 4.85. The highest BCUT2D eigenvalue weighted by molar-refractivity contribution is 8.02. The van der Waals surface area contributed by atoms with E-state index in [0.717, 1.165) is 28.6 Å². The molecule has 1 aromatic heterocycles. The van der Waals surface area contributed by atoms with Crippen LogP contribution in [0.2, 0.25) is 0 Å². The fraction of sp³-hybridized carbons (Fsp3) is 0.471. The highest BCUT2D eigenvalue weighted by atomic mass is 32.2. The number of ether oxygens (including phenoxy) is 1. The molecule has 1 aromatic carbocycles. The van der Waals surface area contributed by atoms with E-state index in [2.05, 4.69) is 20.8 Å². The van der Waals surface area contributed by atoms with E-state index >= 15 is 0 Å². The lowest BCUT2D eigenvalue weighted by Crippen LogP contribution is -2.37. The van der Waals surface area contributed by atoms with Crippen LogP contribution in [0, 0.1) is 0 Å². The Bertz CT molecular complexity index is 716. The molecule has 134 valence electrons. The predicted octanol–water partition coefficient (Wildman–Crippen LogP) is 3.83. The van der Waals surface area contributed by atoms with Crippen molar-refractivity contribution in [1.29, 1.82) is 0 Å². The van der Waals surface area contributed by atoms with Crippen molar-refractivity contribution in [1.82, 2.24) is 15.5 Å². The van der Waals surface area contributed by atoms with Gasteiger partial charge in [-0.3, -0.25) is 4.79 Å². The summed E-state index contributed by atoms with van der Waals surface area (Å²) in [6.45, 7) is 1.91. The van der Waals surface area contributed by atoms with E-state index in [4.69, 9.17) is 4.74 Å². The minimum Gasteiger partial charge on any atom is -0.495 e. The summed E-state index contributed by atoms with van der Waals surface area (Å²) in [5.41, 5.74) is 0.838. The number of benzene rings is 1. The molecule has 0 saturated heterocycles. The molecule has 3 rings (SSSR count). The van der Waals surface area contributed by atoms with Crippen molar-refractivity contribution < 1.29 is 9.53 Å². The maximum absolute atomic E-state index is 12.3. The van der Waals surface area contributed by atoms with Crippen LogP contribution in [0.3, 0.4) is 0 Å². The van der Waals surface area contributed by atoms with Gasteiger partial charge in [-0.25, -0.2) is 0 Å². The van der Waals surface area contributed by atoms with Crippen LogP contribution in [-0.2, 0) is 4.79 Å². The second-order valence-electron chi connectivity index (χ2n) is 5.95. The van der Waals surface area contributed by atoms with Gasteiger partial charge in [0.25, 0.3) is 0 Å². The molecule has 1 aliphatic rings. The number of amides is 1. The Morgan fingerprint density at radius 3 is 2.84 bits per heavy atom. The normalized spacial score (nSPS) is 15.8. The second kappa shape index (κ2) is 8.53. The number of thioether (sulfide) groups is 1. The maximum atomic E-state index is 12.3. The Morgan fingerprint density at radius 2 is 2.08 bits per heavy atom. The Kier molecular flexibility index (Phi) is 6.14. The summed E-state index contributed by atoms with van der Waals surface area (Å²) in [4.78, 5) is 12.3. The lowest BCUT2D eigenvalue weighted by molar-refractivity contribution is -0.120. The van der Waals surface area contributed by atoms with Gasteiger partial charge in [0.1, 0.15) is 5.75 Å². The first-order valence-electron chi connectivity index (χ1n) is 8.36. The molecule has 2 aromatic rings. The smallest absolute Gasteiger partial charge is 0.233 e. The van der Waals surface area contributed by atoms with Crippen molar-refractivity contribution >= 4 is 39.8 Å². The topological polar surface area (TPSA) is 76.1 Å². The van der Waals surface area contributed by atoms with Crippen LogP contribution in [0.5, 0.6) is 5.75 Å². The number of rotatable bonds is 7. The maximum Gasteiger partial charge on any atom is 0.233 e. The van der Waals surface area contributed by atoms with Crippen LogP contribution in [0.1, 0.15) is 32.6 Å². The average Bonchev–Trinajstić information content (AvgIpc) is 3.27. The van der Waals surface area contributed by atoms with Crippen LogP contribution in [0.25, 0.3) is 0 Å². The van der Waals surface area contributed by atoms with Crippen molar-refractivity contribution in [2.24, 2.45) is 0 Å². The standard InChI is InChI=1S/C17H22N4O2S2/c1-11(15(22)18-12-7-3-4-8-12)24-17-21-20-16(25-17)19-13-9-5-6-10-14(13)23-2/h5-6,9-12H,3-4,7-8H2,1-2H3,(H,18,22)(H,19,20)/t11-/m1/s1. The fourth-order valence-electron chi connectivity index (χ4n) is 2.76. The molecule has 0 aliphatic heterocycles. The van der Waals surface area contributed by atoms with Crippen LogP contribution in [0.4, 0.5) is 10.8 Å². The number of hydrogen-bond acceptors (Lipinski definition) is 7. The zero-order chi connectivity index (χ0) is 17.6. The fourth-order valence-corrected chi connectivity index (χ4v) is 4.68. The first-order chi connectivity index (χ1) is 12.2. The Hall–Kier alpha value is -1.80. The number of nitrogens with zero attached hydrogens (tertiary/aromatic N) is 2. The third-order valence-corrected chi connectivity index (χ3v) is 6.13. The summed E-state index contributed by atoms with van der Waals surface area (Å²) < 4.78 is 6.09. The number of carbonyl (C=O) groups is 1. The van der Waals surface area contributed by atoms with E-state index in [1.165, 1.54) is 35.9 Å². The van der Waals surface area contributed by atoms with E-state index in [-0.39, 0.29) is 11.2 Å². The van der Waals surface area contributed by atoms with E-state index in [1.54, 1.807) is 7.11 Å². The van der Waals surface area contributed by atoms with Crippen molar-refractivity contribution in [3.05, 3.63) is 24.3 Å². The largest absolute Gasteiger partial charge is 0.495 e. The van der Waals surface area contributed by atoms with Crippen molar-refractivity contribution in [2.75, 3.05) is 12.4 Å². The molecule has 1 aliphatic carbocycles. The predicted molar refractivity (Wildman–Crippen MR) is 102 cm³/mol. The second-order valence-corrected chi connectivity index (χ2v) is 8.51. The summed E-state index contributed by atoms with van der Waals surface area (Å²) in [5, 5.41) is 15.1. The van der Waals surface area contributed by atoms with Gasteiger partial charge in [0.15, 0.2) is 4.34 Å². The number of nitrogens with one attached hydrogen (secondary N) is 2. The van der Waals surface area contributed by atoms with Crippen molar-refractivity contribution in [3.63, 3.8) is 0 Å². The number of hydrogen-bond donors (Lipinski definition) is 2. The summed E-state index contributed by atoms with van der Waals surface area (Å²) in [7, 11) is 1.63. The molecule has 0 unspecified atom stereocenters. The molecule has 1 saturated carbocycles. The summed E-state index contributed by atoms with van der Waals surface area (Å²) in [5.74, 6) is 0.822. The number of anilines is 2. The quantitative estimate of drug-likeness (QED) is 0.713. The Balaban J connectivity index is 1.56.